The molecule has 0 bridgehead atoms. The highest BCUT2D eigenvalue weighted by Gasteiger charge is 2.71. The molecule has 0 saturated carbocycles. The van der Waals surface area contributed by atoms with E-state index in [1.807, 2.05) is 0 Å². The summed E-state index contributed by atoms with van der Waals surface area (Å²) in [5.41, 5.74) is -0.791. The molecule has 1 aliphatic carbocycles. The van der Waals surface area contributed by atoms with Crippen LogP contribution in [0.15, 0.2) is 42.2 Å². The standard InChI is InChI=1S/C46H72O7/c1-5-7-9-11-13-15-17-19-20-22-24-26-28-30-32-34-45-42-37(33-31-29-27-25-23-21-18-16-14-12-10-8-6-2)43(48)39(51-3)35-38(42)53-46(45,50)41(47)36-40(52-4)44(45)49/h11-14,35-36,48,50H,5-10,15-34H2,1-4H3. The molecule has 1 aliphatic heterocycles. The molecule has 1 aromatic carbocycles. The molecule has 3 rings (SSSR count). The lowest BCUT2D eigenvalue weighted by atomic mass is 9.62. The summed E-state index contributed by atoms with van der Waals surface area (Å²) in [6, 6.07) is 1.50. The second-order valence-electron chi connectivity index (χ2n) is 15.3. The van der Waals surface area contributed by atoms with Crippen LogP contribution in [0.5, 0.6) is 17.2 Å². The Bertz CT molecular complexity index is 1340. The number of allylic oxidation sites excluding steroid dienone is 5. The molecule has 7 nitrogen and oxygen atoms in total. The zero-order chi connectivity index (χ0) is 38.4. The first kappa shape index (κ1) is 44.3. The lowest BCUT2D eigenvalue weighted by molar-refractivity contribution is -0.190. The number of phenols is 1. The third kappa shape index (κ3) is 12.2. The van der Waals surface area contributed by atoms with Crippen molar-refractivity contribution in [3.63, 3.8) is 0 Å². The fourth-order valence-corrected chi connectivity index (χ4v) is 8.07. The van der Waals surface area contributed by atoms with E-state index in [0.29, 0.717) is 24.0 Å². The van der Waals surface area contributed by atoms with Gasteiger partial charge in [0.05, 0.1) is 14.2 Å². The summed E-state index contributed by atoms with van der Waals surface area (Å²) >= 11 is 0. The molecule has 0 radical (unpaired) electrons. The Balaban J connectivity index is 1.61. The second-order valence-corrected chi connectivity index (χ2v) is 15.3. The van der Waals surface area contributed by atoms with Gasteiger partial charge in [-0.1, -0.05) is 147 Å². The van der Waals surface area contributed by atoms with Crippen molar-refractivity contribution in [1.82, 2.24) is 0 Å². The Kier molecular flexibility index (Phi) is 20.4. The van der Waals surface area contributed by atoms with Crippen LogP contribution in [0.3, 0.4) is 0 Å². The molecule has 0 spiro atoms. The number of carbonyl (C=O) groups excluding carboxylic acids is 2. The minimum atomic E-state index is -2.42. The van der Waals surface area contributed by atoms with E-state index < -0.39 is 22.8 Å². The molecule has 1 heterocycles. The smallest absolute Gasteiger partial charge is 0.289 e. The summed E-state index contributed by atoms with van der Waals surface area (Å²) in [6.07, 6.45) is 38.1. The SMILES string of the molecule is CCCCC=CCCCCCCCCCCCC12C(=O)C(OC)=CC(=O)C1(O)Oc1cc(OC)c(O)c(CCCCCCCCCC=CCCCC)c12. The van der Waals surface area contributed by atoms with Crippen LogP contribution < -0.4 is 9.47 Å². The first-order chi connectivity index (χ1) is 25.8. The number of methoxy groups -OCH3 is 2. The molecule has 1 aromatic rings. The predicted molar refractivity (Wildman–Crippen MR) is 216 cm³/mol. The lowest BCUT2D eigenvalue weighted by Gasteiger charge is -2.41. The molecule has 2 aliphatic rings. The molecule has 2 unspecified atom stereocenters. The van der Waals surface area contributed by atoms with Gasteiger partial charge in [0, 0.05) is 23.3 Å². The van der Waals surface area contributed by atoms with Gasteiger partial charge in [0.2, 0.25) is 11.6 Å². The molecule has 298 valence electrons. The van der Waals surface area contributed by atoms with E-state index in [4.69, 9.17) is 14.2 Å². The van der Waals surface area contributed by atoms with Gasteiger partial charge in [-0.25, -0.2) is 0 Å². The monoisotopic (exact) mass is 737 g/mol. The number of hydrogen-bond acceptors (Lipinski definition) is 7. The van der Waals surface area contributed by atoms with Crippen molar-refractivity contribution in [2.24, 2.45) is 0 Å². The zero-order valence-electron chi connectivity index (χ0n) is 33.8. The highest BCUT2D eigenvalue weighted by molar-refractivity contribution is 6.18. The third-order valence-corrected chi connectivity index (χ3v) is 11.2. The first-order valence-electron chi connectivity index (χ1n) is 21.3. The topological polar surface area (TPSA) is 102 Å². The van der Waals surface area contributed by atoms with Crippen molar-refractivity contribution < 1.29 is 34.0 Å². The minimum Gasteiger partial charge on any atom is -0.504 e. The third-order valence-electron chi connectivity index (χ3n) is 11.2. The van der Waals surface area contributed by atoms with Gasteiger partial charge in [0.25, 0.3) is 5.79 Å². The van der Waals surface area contributed by atoms with E-state index in [2.05, 4.69) is 38.2 Å². The molecule has 0 fully saturated rings. The van der Waals surface area contributed by atoms with Gasteiger partial charge in [0.1, 0.15) is 11.2 Å². The molecule has 0 amide bonds. The Morgan fingerprint density at radius 3 is 1.62 bits per heavy atom. The Morgan fingerprint density at radius 1 is 0.660 bits per heavy atom. The van der Waals surface area contributed by atoms with E-state index in [9.17, 15) is 19.8 Å². The summed E-state index contributed by atoms with van der Waals surface area (Å²) in [6.45, 7) is 4.45. The van der Waals surface area contributed by atoms with E-state index in [-0.39, 0.29) is 29.4 Å². The first-order valence-corrected chi connectivity index (χ1v) is 21.3. The van der Waals surface area contributed by atoms with Crippen molar-refractivity contribution in [1.29, 1.82) is 0 Å². The number of unbranched alkanes of at least 4 members (excludes halogenated alkanes) is 20. The van der Waals surface area contributed by atoms with Crippen molar-refractivity contribution in [2.75, 3.05) is 14.2 Å². The summed E-state index contributed by atoms with van der Waals surface area (Å²) in [5.74, 6) is -3.36. The number of Topliss-reactive ketones (excluding diaryl/α,β-unsaturated/α-hetero) is 1. The van der Waals surface area contributed by atoms with Crippen LogP contribution in [0.25, 0.3) is 0 Å². The number of phenolic OH excluding ortho intramolecular Hbond substituents is 1. The average molecular weight is 737 g/mol. The summed E-state index contributed by atoms with van der Waals surface area (Å²) in [4.78, 5) is 28.0. The van der Waals surface area contributed by atoms with Crippen molar-refractivity contribution in [2.45, 2.75) is 192 Å². The number of rotatable bonds is 30. The number of benzene rings is 1. The normalized spacial score (nSPS) is 19.5. The average Bonchev–Trinajstić information content (AvgIpc) is 3.43. The maximum atomic E-state index is 14.4. The summed E-state index contributed by atoms with van der Waals surface area (Å²) in [7, 11) is 2.83. The molecule has 0 aromatic heterocycles. The van der Waals surface area contributed by atoms with Gasteiger partial charge >= 0.3 is 0 Å². The largest absolute Gasteiger partial charge is 0.504 e. The van der Waals surface area contributed by atoms with Gasteiger partial charge in [-0.3, -0.25) is 9.59 Å². The number of ether oxygens (including phenoxy) is 3. The van der Waals surface area contributed by atoms with Crippen molar-refractivity contribution in [3.8, 4) is 17.2 Å². The van der Waals surface area contributed by atoms with Crippen LogP contribution in [0.1, 0.15) is 185 Å². The quantitative estimate of drug-likeness (QED) is 0.0599. The fraction of sp³-hybridized carbons (Fsp3) is 0.696. The van der Waals surface area contributed by atoms with E-state index in [1.165, 1.54) is 117 Å². The number of carbonyl (C=O) groups is 2. The number of aliphatic hydroxyl groups is 1. The minimum absolute atomic E-state index is 0.0632. The molecule has 53 heavy (non-hydrogen) atoms. The number of fused-ring (bicyclic) bond motifs is 3. The number of hydrogen-bond donors (Lipinski definition) is 2. The van der Waals surface area contributed by atoms with Gasteiger partial charge in [-0.2, -0.15) is 0 Å². The molecular formula is C46H72O7. The second kappa shape index (κ2) is 24.4. The van der Waals surface area contributed by atoms with Crippen LogP contribution in [-0.2, 0) is 26.2 Å². The van der Waals surface area contributed by atoms with Gasteiger partial charge in [0.15, 0.2) is 17.3 Å². The maximum absolute atomic E-state index is 14.4. The number of aromatic hydroxyl groups is 1. The van der Waals surface area contributed by atoms with Gasteiger partial charge < -0.3 is 24.4 Å². The molecule has 0 saturated heterocycles. The highest BCUT2D eigenvalue weighted by atomic mass is 16.6. The van der Waals surface area contributed by atoms with Crippen LogP contribution in [0.2, 0.25) is 0 Å². The molecule has 7 heteroatoms. The van der Waals surface area contributed by atoms with Gasteiger partial charge in [-0.05, 0) is 57.8 Å². The predicted octanol–water partition coefficient (Wildman–Crippen LogP) is 11.8. The summed E-state index contributed by atoms with van der Waals surface area (Å²) < 4.78 is 17.0. The highest BCUT2D eigenvalue weighted by Crippen LogP contribution is 2.59. The van der Waals surface area contributed by atoms with Crippen molar-refractivity contribution in [3.05, 3.63) is 53.3 Å². The molecule has 2 N–H and O–H groups in total. The Labute approximate surface area is 321 Å². The molecular weight excluding hydrogens is 664 g/mol. The fourth-order valence-electron chi connectivity index (χ4n) is 8.07. The van der Waals surface area contributed by atoms with E-state index in [1.54, 1.807) is 0 Å². The van der Waals surface area contributed by atoms with Crippen LogP contribution in [0.4, 0.5) is 0 Å². The Hall–Kier alpha value is -3.06. The Morgan fingerprint density at radius 2 is 1.13 bits per heavy atom. The van der Waals surface area contributed by atoms with E-state index in [0.717, 1.165) is 57.4 Å². The van der Waals surface area contributed by atoms with Crippen LogP contribution in [-0.4, -0.2) is 41.8 Å². The lowest BCUT2D eigenvalue weighted by Crippen LogP contribution is -2.63. The van der Waals surface area contributed by atoms with Crippen LogP contribution >= 0.6 is 0 Å². The maximum Gasteiger partial charge on any atom is 0.289 e. The number of ketones is 2. The van der Waals surface area contributed by atoms with E-state index >= 15 is 0 Å². The molecule has 2 atom stereocenters. The van der Waals surface area contributed by atoms with Crippen molar-refractivity contribution >= 4 is 11.6 Å². The van der Waals surface area contributed by atoms with Crippen LogP contribution in [0, 0.1) is 0 Å². The van der Waals surface area contributed by atoms with Gasteiger partial charge in [-0.15, -0.1) is 0 Å². The zero-order valence-corrected chi connectivity index (χ0v) is 33.8. The summed E-state index contributed by atoms with van der Waals surface area (Å²) in [5, 5.41) is 23.6.